The standard InChI is InChI=1S/C14H17BrN2OS/c1-3-5-18-11-7-10(8-17-9-11)13(16-2)14-12(15)4-6-19-14/h4,6-9,13,16H,3,5H2,1-2H3. The Hall–Kier alpha value is -0.910. The minimum Gasteiger partial charge on any atom is -0.492 e. The summed E-state index contributed by atoms with van der Waals surface area (Å²) in [4.78, 5) is 5.52. The second-order valence-electron chi connectivity index (χ2n) is 4.16. The van der Waals surface area contributed by atoms with E-state index in [0.717, 1.165) is 28.8 Å². The molecule has 2 heterocycles. The summed E-state index contributed by atoms with van der Waals surface area (Å²) in [6, 6.07) is 4.25. The molecule has 1 atom stereocenters. The van der Waals surface area contributed by atoms with Crippen LogP contribution in [0.1, 0.15) is 29.8 Å². The van der Waals surface area contributed by atoms with Gasteiger partial charge < -0.3 is 10.1 Å². The van der Waals surface area contributed by atoms with Gasteiger partial charge in [-0.25, -0.2) is 0 Å². The first kappa shape index (κ1) is 14.5. The van der Waals surface area contributed by atoms with Crippen LogP contribution >= 0.6 is 27.3 Å². The Kier molecular flexibility index (Phi) is 5.36. The van der Waals surface area contributed by atoms with Gasteiger partial charge in [-0.05, 0) is 52.5 Å². The van der Waals surface area contributed by atoms with E-state index in [0.29, 0.717) is 0 Å². The lowest BCUT2D eigenvalue weighted by Gasteiger charge is -2.16. The third-order valence-electron chi connectivity index (χ3n) is 2.74. The Bertz CT molecular complexity index is 530. The number of ether oxygens (including phenoxy) is 1. The van der Waals surface area contributed by atoms with Gasteiger partial charge in [0.1, 0.15) is 5.75 Å². The molecule has 1 unspecified atom stereocenters. The highest BCUT2D eigenvalue weighted by Crippen LogP contribution is 2.33. The molecule has 2 aromatic heterocycles. The van der Waals surface area contributed by atoms with Crippen molar-refractivity contribution in [2.75, 3.05) is 13.7 Å². The van der Waals surface area contributed by atoms with Crippen LogP contribution in [-0.2, 0) is 0 Å². The fourth-order valence-corrected chi connectivity index (χ4v) is 3.59. The molecular formula is C14H17BrN2OS. The maximum Gasteiger partial charge on any atom is 0.137 e. The van der Waals surface area contributed by atoms with Gasteiger partial charge in [-0.1, -0.05) is 6.92 Å². The van der Waals surface area contributed by atoms with Crippen molar-refractivity contribution in [1.82, 2.24) is 10.3 Å². The molecule has 0 amide bonds. The first-order valence-corrected chi connectivity index (χ1v) is 7.91. The normalized spacial score (nSPS) is 12.4. The molecule has 3 nitrogen and oxygen atoms in total. The minimum atomic E-state index is 0.132. The molecule has 0 radical (unpaired) electrons. The highest BCUT2D eigenvalue weighted by atomic mass is 79.9. The molecule has 0 aliphatic rings. The lowest BCUT2D eigenvalue weighted by Crippen LogP contribution is -2.17. The fourth-order valence-electron chi connectivity index (χ4n) is 1.85. The Morgan fingerprint density at radius 2 is 2.32 bits per heavy atom. The van der Waals surface area contributed by atoms with Crippen molar-refractivity contribution in [3.05, 3.63) is 44.8 Å². The highest BCUT2D eigenvalue weighted by molar-refractivity contribution is 9.10. The summed E-state index contributed by atoms with van der Waals surface area (Å²) in [5, 5.41) is 5.41. The van der Waals surface area contributed by atoms with E-state index in [9.17, 15) is 0 Å². The fraction of sp³-hybridized carbons (Fsp3) is 0.357. The third-order valence-corrected chi connectivity index (χ3v) is 4.67. The van der Waals surface area contributed by atoms with Crippen molar-refractivity contribution in [3.8, 4) is 5.75 Å². The number of halogens is 1. The van der Waals surface area contributed by atoms with Crippen LogP contribution in [0.15, 0.2) is 34.4 Å². The second kappa shape index (κ2) is 7.03. The van der Waals surface area contributed by atoms with Crippen LogP contribution in [0, 0.1) is 0 Å². The smallest absolute Gasteiger partial charge is 0.137 e. The van der Waals surface area contributed by atoms with Gasteiger partial charge in [0.05, 0.1) is 18.8 Å². The van der Waals surface area contributed by atoms with E-state index in [2.05, 4.69) is 50.7 Å². The van der Waals surface area contributed by atoms with Crippen LogP contribution in [0.25, 0.3) is 0 Å². The SMILES string of the molecule is CCCOc1cncc(C(NC)c2sccc2Br)c1. The van der Waals surface area contributed by atoms with E-state index in [-0.39, 0.29) is 6.04 Å². The van der Waals surface area contributed by atoms with Gasteiger partial charge in [-0.2, -0.15) is 0 Å². The summed E-state index contributed by atoms with van der Waals surface area (Å²) in [5.41, 5.74) is 1.11. The molecule has 0 saturated carbocycles. The van der Waals surface area contributed by atoms with Crippen LogP contribution < -0.4 is 10.1 Å². The van der Waals surface area contributed by atoms with E-state index < -0.39 is 0 Å². The summed E-state index contributed by atoms with van der Waals surface area (Å²) in [5.74, 6) is 0.826. The summed E-state index contributed by atoms with van der Waals surface area (Å²) >= 11 is 5.31. The summed E-state index contributed by atoms with van der Waals surface area (Å²) in [6.07, 6.45) is 4.64. The number of hydrogen-bond acceptors (Lipinski definition) is 4. The number of nitrogens with zero attached hydrogens (tertiary/aromatic N) is 1. The first-order chi connectivity index (χ1) is 9.26. The zero-order chi connectivity index (χ0) is 13.7. The summed E-state index contributed by atoms with van der Waals surface area (Å²) < 4.78 is 6.76. The Labute approximate surface area is 126 Å². The predicted molar refractivity (Wildman–Crippen MR) is 82.9 cm³/mol. The molecule has 0 aliphatic heterocycles. The molecule has 2 rings (SSSR count). The Morgan fingerprint density at radius 3 is 2.95 bits per heavy atom. The van der Waals surface area contributed by atoms with Gasteiger partial charge in [-0.15, -0.1) is 11.3 Å². The Balaban J connectivity index is 2.26. The van der Waals surface area contributed by atoms with Crippen molar-refractivity contribution in [1.29, 1.82) is 0 Å². The van der Waals surface area contributed by atoms with Gasteiger partial charge in [-0.3, -0.25) is 4.98 Å². The van der Waals surface area contributed by atoms with Crippen molar-refractivity contribution in [3.63, 3.8) is 0 Å². The van der Waals surface area contributed by atoms with Crippen molar-refractivity contribution < 1.29 is 4.74 Å². The molecule has 102 valence electrons. The monoisotopic (exact) mass is 340 g/mol. The molecule has 0 saturated heterocycles. The van der Waals surface area contributed by atoms with Gasteiger partial charge >= 0.3 is 0 Å². The summed E-state index contributed by atoms with van der Waals surface area (Å²) in [6.45, 7) is 2.81. The number of aromatic nitrogens is 1. The average molecular weight is 341 g/mol. The zero-order valence-corrected chi connectivity index (χ0v) is 13.4. The Morgan fingerprint density at radius 1 is 1.47 bits per heavy atom. The number of rotatable bonds is 6. The lowest BCUT2D eigenvalue weighted by molar-refractivity contribution is 0.315. The van der Waals surface area contributed by atoms with Crippen LogP contribution in [-0.4, -0.2) is 18.6 Å². The third kappa shape index (κ3) is 3.55. The number of thiophene rings is 1. The largest absolute Gasteiger partial charge is 0.492 e. The van der Waals surface area contributed by atoms with Crippen LogP contribution in [0.5, 0.6) is 5.75 Å². The highest BCUT2D eigenvalue weighted by Gasteiger charge is 2.17. The summed E-state index contributed by atoms with van der Waals surface area (Å²) in [7, 11) is 1.95. The molecule has 0 spiro atoms. The molecule has 2 aromatic rings. The van der Waals surface area contributed by atoms with Crippen molar-refractivity contribution >= 4 is 27.3 Å². The molecular weight excluding hydrogens is 324 g/mol. The number of hydrogen-bond donors (Lipinski definition) is 1. The maximum absolute atomic E-state index is 5.64. The molecule has 0 bridgehead atoms. The van der Waals surface area contributed by atoms with Gasteiger partial charge in [0.25, 0.3) is 0 Å². The van der Waals surface area contributed by atoms with Gasteiger partial charge in [0.2, 0.25) is 0 Å². The van der Waals surface area contributed by atoms with Gasteiger partial charge in [0.15, 0.2) is 0 Å². The maximum atomic E-state index is 5.64. The molecule has 0 aromatic carbocycles. The van der Waals surface area contributed by atoms with Crippen LogP contribution in [0.3, 0.4) is 0 Å². The van der Waals surface area contributed by atoms with Crippen molar-refractivity contribution in [2.45, 2.75) is 19.4 Å². The van der Waals surface area contributed by atoms with E-state index in [1.54, 1.807) is 17.5 Å². The van der Waals surface area contributed by atoms with E-state index in [1.165, 1.54) is 4.88 Å². The van der Waals surface area contributed by atoms with Crippen LogP contribution in [0.2, 0.25) is 0 Å². The molecule has 19 heavy (non-hydrogen) atoms. The van der Waals surface area contributed by atoms with Crippen molar-refractivity contribution in [2.24, 2.45) is 0 Å². The predicted octanol–water partition coefficient (Wildman–Crippen LogP) is 4.00. The number of pyridine rings is 1. The molecule has 5 heteroatoms. The minimum absolute atomic E-state index is 0.132. The molecule has 0 aliphatic carbocycles. The lowest BCUT2D eigenvalue weighted by atomic mass is 10.1. The van der Waals surface area contributed by atoms with E-state index >= 15 is 0 Å². The van der Waals surface area contributed by atoms with E-state index in [1.807, 2.05) is 13.2 Å². The first-order valence-electron chi connectivity index (χ1n) is 6.24. The second-order valence-corrected chi connectivity index (χ2v) is 5.96. The topological polar surface area (TPSA) is 34.1 Å². The zero-order valence-electron chi connectivity index (χ0n) is 11.0. The molecule has 0 fully saturated rings. The quantitative estimate of drug-likeness (QED) is 0.862. The number of nitrogens with one attached hydrogen (secondary N) is 1. The van der Waals surface area contributed by atoms with Gasteiger partial charge in [0, 0.05) is 15.5 Å². The average Bonchev–Trinajstić information content (AvgIpc) is 2.84. The van der Waals surface area contributed by atoms with Crippen LogP contribution in [0.4, 0.5) is 0 Å². The molecule has 1 N–H and O–H groups in total. The van der Waals surface area contributed by atoms with E-state index in [4.69, 9.17) is 4.74 Å².